The fourth-order valence-corrected chi connectivity index (χ4v) is 2.73. The van der Waals surface area contributed by atoms with Crippen molar-refractivity contribution in [2.24, 2.45) is 5.10 Å². The summed E-state index contributed by atoms with van der Waals surface area (Å²) in [7, 11) is 0. The second-order valence-electron chi connectivity index (χ2n) is 3.91. The minimum Gasteiger partial charge on any atom is -0.250 e. The first-order valence-corrected chi connectivity index (χ1v) is 7.42. The van der Waals surface area contributed by atoms with E-state index in [2.05, 4.69) is 15.3 Å². The zero-order chi connectivity index (χ0) is 13.9. The molecular formula is C13H9ClN4S2. The first-order valence-electron chi connectivity index (χ1n) is 5.76. The molecule has 0 saturated carbocycles. The first-order chi connectivity index (χ1) is 9.75. The number of rotatable bonds is 3. The molecule has 0 fully saturated rings. The molecule has 0 aliphatic rings. The van der Waals surface area contributed by atoms with E-state index < -0.39 is 0 Å². The number of aromatic nitrogens is 3. The molecule has 0 unspecified atom stereocenters. The largest absolute Gasteiger partial charge is 0.250 e. The summed E-state index contributed by atoms with van der Waals surface area (Å²) in [5.74, 6) is 0.688. The lowest BCUT2D eigenvalue weighted by molar-refractivity contribution is 0.873. The highest BCUT2D eigenvalue weighted by Crippen LogP contribution is 2.22. The molecule has 0 saturated heterocycles. The Morgan fingerprint density at radius 3 is 2.90 bits per heavy atom. The van der Waals surface area contributed by atoms with E-state index in [1.807, 2.05) is 41.8 Å². The van der Waals surface area contributed by atoms with Crippen molar-refractivity contribution in [2.45, 2.75) is 0 Å². The summed E-state index contributed by atoms with van der Waals surface area (Å²) in [4.78, 5) is 0.994. The predicted octanol–water partition coefficient (Wildman–Crippen LogP) is 4.20. The summed E-state index contributed by atoms with van der Waals surface area (Å²) < 4.78 is 2.03. The van der Waals surface area contributed by atoms with E-state index in [1.165, 1.54) is 0 Å². The van der Waals surface area contributed by atoms with Crippen molar-refractivity contribution in [1.82, 2.24) is 14.9 Å². The Hall–Kier alpha value is -1.76. The highest BCUT2D eigenvalue weighted by molar-refractivity contribution is 7.71. The number of nitrogens with zero attached hydrogens (tertiary/aromatic N) is 3. The van der Waals surface area contributed by atoms with Crippen LogP contribution in [-0.2, 0) is 0 Å². The lowest BCUT2D eigenvalue weighted by Crippen LogP contribution is -1.94. The van der Waals surface area contributed by atoms with Gasteiger partial charge in [-0.3, -0.25) is 0 Å². The van der Waals surface area contributed by atoms with Crippen LogP contribution in [0.1, 0.15) is 5.56 Å². The van der Waals surface area contributed by atoms with Crippen LogP contribution in [0.2, 0.25) is 5.02 Å². The Kier molecular flexibility index (Phi) is 3.77. The molecule has 0 bridgehead atoms. The fraction of sp³-hybridized carbons (Fsp3) is 0. The Labute approximate surface area is 129 Å². The third-order valence-electron chi connectivity index (χ3n) is 2.61. The van der Waals surface area contributed by atoms with E-state index in [0.29, 0.717) is 15.6 Å². The van der Waals surface area contributed by atoms with Crippen molar-refractivity contribution < 1.29 is 0 Å². The molecule has 0 atom stereocenters. The molecule has 4 nitrogen and oxygen atoms in total. The Balaban J connectivity index is 2.02. The van der Waals surface area contributed by atoms with Crippen LogP contribution in [0, 0.1) is 4.77 Å². The van der Waals surface area contributed by atoms with Gasteiger partial charge in [-0.2, -0.15) is 14.9 Å². The van der Waals surface area contributed by atoms with Gasteiger partial charge in [0.25, 0.3) is 0 Å². The maximum Gasteiger partial charge on any atom is 0.216 e. The monoisotopic (exact) mass is 320 g/mol. The fourth-order valence-electron chi connectivity index (χ4n) is 1.66. The van der Waals surface area contributed by atoms with Gasteiger partial charge in [0, 0.05) is 10.6 Å². The Morgan fingerprint density at radius 1 is 1.30 bits per heavy atom. The molecule has 20 heavy (non-hydrogen) atoms. The smallest absolute Gasteiger partial charge is 0.216 e. The van der Waals surface area contributed by atoms with Crippen LogP contribution in [0.5, 0.6) is 0 Å². The Morgan fingerprint density at radius 2 is 2.15 bits per heavy atom. The van der Waals surface area contributed by atoms with E-state index in [0.717, 1.165) is 10.4 Å². The SMILES string of the molecule is S=c1[nH]nc(-c2cccs2)n1/N=C/c1ccccc1Cl. The minimum atomic E-state index is 0.441. The maximum atomic E-state index is 6.10. The maximum absolute atomic E-state index is 6.10. The van der Waals surface area contributed by atoms with Crippen LogP contribution < -0.4 is 0 Å². The second kappa shape index (κ2) is 5.70. The second-order valence-corrected chi connectivity index (χ2v) is 5.65. The van der Waals surface area contributed by atoms with Crippen LogP contribution in [-0.4, -0.2) is 21.1 Å². The van der Waals surface area contributed by atoms with Crippen LogP contribution in [0.15, 0.2) is 46.9 Å². The summed E-state index contributed by atoms with van der Waals surface area (Å²) >= 11 is 12.9. The number of halogens is 1. The molecule has 3 aromatic rings. The van der Waals surface area contributed by atoms with E-state index in [9.17, 15) is 0 Å². The third-order valence-corrected chi connectivity index (χ3v) is 4.08. The van der Waals surface area contributed by atoms with Gasteiger partial charge in [-0.05, 0) is 29.7 Å². The van der Waals surface area contributed by atoms with E-state index >= 15 is 0 Å². The molecule has 3 rings (SSSR count). The van der Waals surface area contributed by atoms with E-state index in [1.54, 1.807) is 22.2 Å². The van der Waals surface area contributed by atoms with Crippen molar-refractivity contribution in [3.63, 3.8) is 0 Å². The van der Waals surface area contributed by atoms with Crippen molar-refractivity contribution >= 4 is 41.4 Å². The minimum absolute atomic E-state index is 0.441. The van der Waals surface area contributed by atoms with Crippen molar-refractivity contribution in [1.29, 1.82) is 0 Å². The quantitative estimate of drug-likeness (QED) is 0.580. The highest BCUT2D eigenvalue weighted by atomic mass is 35.5. The molecule has 0 aliphatic heterocycles. The van der Waals surface area contributed by atoms with Gasteiger partial charge in [-0.1, -0.05) is 35.9 Å². The van der Waals surface area contributed by atoms with Gasteiger partial charge < -0.3 is 0 Å². The molecule has 2 aromatic heterocycles. The number of thiophene rings is 1. The number of hydrogen-bond acceptors (Lipinski definition) is 4. The third kappa shape index (κ3) is 2.58. The highest BCUT2D eigenvalue weighted by Gasteiger charge is 2.08. The molecular weight excluding hydrogens is 312 g/mol. The standard InChI is InChI=1S/C13H9ClN4S2/c14-10-5-2-1-4-9(10)8-15-18-12(16-17-13(18)19)11-6-3-7-20-11/h1-8H,(H,17,19)/b15-8+. The van der Waals surface area contributed by atoms with Gasteiger partial charge in [0.2, 0.25) is 4.77 Å². The van der Waals surface area contributed by atoms with Gasteiger partial charge in [-0.15, -0.1) is 11.3 Å². The molecule has 7 heteroatoms. The molecule has 100 valence electrons. The van der Waals surface area contributed by atoms with Crippen molar-refractivity contribution in [3.8, 4) is 10.7 Å². The lowest BCUT2D eigenvalue weighted by atomic mass is 10.2. The summed E-state index contributed by atoms with van der Waals surface area (Å²) in [6, 6.07) is 11.4. The molecule has 0 radical (unpaired) electrons. The van der Waals surface area contributed by atoms with E-state index in [-0.39, 0.29) is 0 Å². The summed E-state index contributed by atoms with van der Waals surface area (Å²) in [6.45, 7) is 0. The first kappa shape index (κ1) is 13.2. The number of aromatic amines is 1. The number of hydrogen-bond donors (Lipinski definition) is 1. The van der Waals surface area contributed by atoms with Crippen molar-refractivity contribution in [2.75, 3.05) is 0 Å². The van der Waals surface area contributed by atoms with Crippen molar-refractivity contribution in [3.05, 3.63) is 57.1 Å². The summed E-state index contributed by atoms with van der Waals surface area (Å²) in [5.41, 5.74) is 0.828. The average Bonchev–Trinajstić information content (AvgIpc) is 3.08. The summed E-state index contributed by atoms with van der Waals surface area (Å²) in [5, 5.41) is 13.9. The normalized spacial score (nSPS) is 11.2. The molecule has 2 heterocycles. The number of H-pyrrole nitrogens is 1. The van der Waals surface area contributed by atoms with Gasteiger partial charge in [0.1, 0.15) is 0 Å². The molecule has 0 spiro atoms. The lowest BCUT2D eigenvalue weighted by Gasteiger charge is -1.99. The van der Waals surface area contributed by atoms with Gasteiger partial charge in [0.15, 0.2) is 5.82 Å². The van der Waals surface area contributed by atoms with E-state index in [4.69, 9.17) is 23.8 Å². The van der Waals surface area contributed by atoms with Crippen LogP contribution >= 0.6 is 35.2 Å². The number of nitrogens with one attached hydrogen (secondary N) is 1. The van der Waals surface area contributed by atoms with Crippen LogP contribution in [0.4, 0.5) is 0 Å². The molecule has 0 aliphatic carbocycles. The zero-order valence-electron chi connectivity index (χ0n) is 10.2. The average molecular weight is 321 g/mol. The zero-order valence-corrected chi connectivity index (χ0v) is 12.5. The van der Waals surface area contributed by atoms with Gasteiger partial charge in [-0.25, -0.2) is 5.10 Å². The van der Waals surface area contributed by atoms with Crippen LogP contribution in [0.25, 0.3) is 10.7 Å². The predicted molar refractivity (Wildman–Crippen MR) is 85.2 cm³/mol. The van der Waals surface area contributed by atoms with Gasteiger partial charge in [0.05, 0.1) is 11.1 Å². The molecule has 0 amide bonds. The summed E-state index contributed by atoms with van der Waals surface area (Å²) in [6.07, 6.45) is 1.67. The molecule has 1 N–H and O–H groups in total. The Bertz CT molecular complexity index is 802. The van der Waals surface area contributed by atoms with Gasteiger partial charge >= 0.3 is 0 Å². The molecule has 1 aromatic carbocycles. The number of benzene rings is 1. The topological polar surface area (TPSA) is 46.0 Å². The van der Waals surface area contributed by atoms with Crippen LogP contribution in [0.3, 0.4) is 0 Å².